The van der Waals surface area contributed by atoms with E-state index in [9.17, 15) is 4.79 Å². The summed E-state index contributed by atoms with van der Waals surface area (Å²) in [4.78, 5) is 24.3. The number of carbonyl (C=O) groups excluding carboxylic acids is 1. The van der Waals surface area contributed by atoms with Crippen LogP contribution in [0.5, 0.6) is 0 Å². The average Bonchev–Trinajstić information content (AvgIpc) is 3.28. The summed E-state index contributed by atoms with van der Waals surface area (Å²) in [6, 6.07) is 17.3. The highest BCUT2D eigenvalue weighted by Crippen LogP contribution is 2.33. The third kappa shape index (κ3) is 4.06. The lowest BCUT2D eigenvalue weighted by molar-refractivity contribution is 0.0566. The number of carbonyl (C=O) groups is 1. The molecule has 1 atom stereocenters. The normalized spacial score (nSPS) is 16.5. The number of fused-ring (bicyclic) bond motifs is 1. The van der Waals surface area contributed by atoms with Gasteiger partial charge in [-0.25, -0.2) is 4.98 Å². The minimum atomic E-state index is -0.180. The van der Waals surface area contributed by atoms with E-state index < -0.39 is 0 Å². The number of oxazole rings is 1. The van der Waals surface area contributed by atoms with E-state index >= 15 is 0 Å². The van der Waals surface area contributed by atoms with Gasteiger partial charge in [-0.05, 0) is 48.4 Å². The summed E-state index contributed by atoms with van der Waals surface area (Å²) >= 11 is 5.97. The second kappa shape index (κ2) is 8.52. The molecule has 5 nitrogen and oxygen atoms in total. The summed E-state index contributed by atoms with van der Waals surface area (Å²) in [5.41, 5.74) is 1.58. The summed E-state index contributed by atoms with van der Waals surface area (Å²) in [7, 11) is 0. The van der Waals surface area contributed by atoms with Crippen molar-refractivity contribution in [2.24, 2.45) is 0 Å². The Kier molecular flexibility index (Phi) is 5.43. The first-order chi connectivity index (χ1) is 15.2. The standard InChI is InChI=1S/C25H22ClN3O2/c26-19-10-8-17(9-11-19)15-20-16-28-24(31-20)22-7-3-4-14-29(22)25(30)23-21-6-2-1-5-18(21)12-13-27-23/h1-2,5-6,8-13,16,22H,3-4,7,14-15H2/t22-/m1/s1. The molecule has 0 spiro atoms. The molecule has 31 heavy (non-hydrogen) atoms. The van der Waals surface area contributed by atoms with Gasteiger partial charge in [0.25, 0.3) is 5.91 Å². The quantitative estimate of drug-likeness (QED) is 0.407. The lowest BCUT2D eigenvalue weighted by atomic mass is 10.0. The zero-order valence-corrected chi connectivity index (χ0v) is 17.8. The number of amides is 1. The summed E-state index contributed by atoms with van der Waals surface area (Å²) in [6.45, 7) is 0.670. The molecule has 6 heteroatoms. The van der Waals surface area contributed by atoms with Crippen molar-refractivity contribution in [1.29, 1.82) is 0 Å². The van der Waals surface area contributed by atoms with Crippen molar-refractivity contribution in [3.63, 3.8) is 0 Å². The Balaban J connectivity index is 1.41. The van der Waals surface area contributed by atoms with Crippen molar-refractivity contribution in [2.45, 2.75) is 31.7 Å². The Labute approximate surface area is 185 Å². The van der Waals surface area contributed by atoms with E-state index in [2.05, 4.69) is 9.97 Å². The van der Waals surface area contributed by atoms with Gasteiger partial charge < -0.3 is 9.32 Å². The summed E-state index contributed by atoms with van der Waals surface area (Å²) in [5.74, 6) is 1.30. The molecule has 1 saturated heterocycles. The van der Waals surface area contributed by atoms with Gasteiger partial charge in [-0.3, -0.25) is 9.78 Å². The highest BCUT2D eigenvalue weighted by Gasteiger charge is 2.33. The largest absolute Gasteiger partial charge is 0.443 e. The van der Waals surface area contributed by atoms with Gasteiger partial charge >= 0.3 is 0 Å². The average molecular weight is 432 g/mol. The molecule has 5 rings (SSSR count). The van der Waals surface area contributed by atoms with Crippen molar-refractivity contribution in [1.82, 2.24) is 14.9 Å². The molecule has 1 fully saturated rings. The number of benzene rings is 2. The molecular formula is C25H22ClN3O2. The van der Waals surface area contributed by atoms with Crippen LogP contribution >= 0.6 is 11.6 Å². The first kappa shape index (κ1) is 19.8. The lowest BCUT2D eigenvalue weighted by Gasteiger charge is -2.33. The summed E-state index contributed by atoms with van der Waals surface area (Å²) in [6.07, 6.45) is 6.92. The molecule has 1 amide bonds. The Morgan fingerprint density at radius 1 is 1.06 bits per heavy atom. The number of hydrogen-bond acceptors (Lipinski definition) is 4. The number of likely N-dealkylation sites (tertiary alicyclic amines) is 1. The van der Waals surface area contributed by atoms with Crippen molar-refractivity contribution in [2.75, 3.05) is 6.54 Å². The number of hydrogen-bond donors (Lipinski definition) is 0. The number of aromatic nitrogens is 2. The molecule has 1 aliphatic rings. The molecule has 156 valence electrons. The Morgan fingerprint density at radius 3 is 2.77 bits per heavy atom. The highest BCUT2D eigenvalue weighted by molar-refractivity contribution is 6.30. The van der Waals surface area contributed by atoms with Gasteiger partial charge in [0.1, 0.15) is 17.5 Å². The van der Waals surface area contributed by atoms with Crippen LogP contribution in [0, 0.1) is 0 Å². The van der Waals surface area contributed by atoms with Crippen LogP contribution in [0.4, 0.5) is 0 Å². The van der Waals surface area contributed by atoms with Gasteiger partial charge in [0.05, 0.1) is 6.20 Å². The maximum absolute atomic E-state index is 13.5. The topological polar surface area (TPSA) is 59.2 Å². The molecular weight excluding hydrogens is 410 g/mol. The van der Waals surface area contributed by atoms with Crippen LogP contribution in [-0.2, 0) is 6.42 Å². The predicted octanol–water partition coefficient (Wildman–Crippen LogP) is 5.83. The SMILES string of the molecule is O=C(c1nccc2ccccc12)N1CCCC[C@@H]1c1ncc(Cc2ccc(Cl)cc2)o1. The molecule has 0 N–H and O–H groups in total. The smallest absolute Gasteiger partial charge is 0.273 e. The second-order valence-corrected chi connectivity index (χ2v) is 8.30. The van der Waals surface area contributed by atoms with Crippen molar-refractivity contribution in [3.8, 4) is 0 Å². The zero-order chi connectivity index (χ0) is 21.2. The number of rotatable bonds is 4. The maximum atomic E-state index is 13.5. The molecule has 1 aliphatic heterocycles. The monoisotopic (exact) mass is 431 g/mol. The van der Waals surface area contributed by atoms with Crippen LogP contribution in [0.3, 0.4) is 0 Å². The summed E-state index contributed by atoms with van der Waals surface area (Å²) in [5, 5.41) is 2.59. The van der Waals surface area contributed by atoms with E-state index in [0.717, 1.165) is 41.4 Å². The van der Waals surface area contributed by atoms with Crippen LogP contribution in [-0.4, -0.2) is 27.3 Å². The van der Waals surface area contributed by atoms with Gasteiger partial charge in [0, 0.05) is 29.6 Å². The predicted molar refractivity (Wildman–Crippen MR) is 120 cm³/mol. The van der Waals surface area contributed by atoms with Gasteiger partial charge in [-0.2, -0.15) is 0 Å². The molecule has 0 unspecified atom stereocenters. The van der Waals surface area contributed by atoms with Crippen molar-refractivity contribution in [3.05, 3.63) is 94.9 Å². The minimum Gasteiger partial charge on any atom is -0.443 e. The molecule has 0 saturated carbocycles. The van der Waals surface area contributed by atoms with E-state index in [1.165, 1.54) is 0 Å². The van der Waals surface area contributed by atoms with Gasteiger partial charge in [-0.1, -0.05) is 48.0 Å². The Bertz CT molecular complexity index is 1210. The fourth-order valence-electron chi connectivity index (χ4n) is 4.22. The van der Waals surface area contributed by atoms with E-state index in [0.29, 0.717) is 29.6 Å². The number of pyridine rings is 1. The fourth-order valence-corrected chi connectivity index (χ4v) is 4.35. The number of piperidine rings is 1. The van der Waals surface area contributed by atoms with E-state index in [-0.39, 0.29) is 11.9 Å². The van der Waals surface area contributed by atoms with Gasteiger partial charge in [0.15, 0.2) is 0 Å². The maximum Gasteiger partial charge on any atom is 0.273 e. The van der Waals surface area contributed by atoms with Gasteiger partial charge in [-0.15, -0.1) is 0 Å². The molecule has 2 aromatic carbocycles. The van der Waals surface area contributed by atoms with Crippen LogP contribution in [0.1, 0.15) is 53.0 Å². The lowest BCUT2D eigenvalue weighted by Crippen LogP contribution is -2.39. The van der Waals surface area contributed by atoms with Crippen LogP contribution in [0.2, 0.25) is 5.02 Å². The third-order valence-electron chi connectivity index (χ3n) is 5.79. The zero-order valence-electron chi connectivity index (χ0n) is 17.0. The highest BCUT2D eigenvalue weighted by atomic mass is 35.5. The first-order valence-electron chi connectivity index (χ1n) is 10.5. The molecule has 0 bridgehead atoms. The third-order valence-corrected chi connectivity index (χ3v) is 6.04. The van der Waals surface area contributed by atoms with Crippen LogP contribution < -0.4 is 0 Å². The van der Waals surface area contributed by atoms with E-state index in [1.807, 2.05) is 59.5 Å². The van der Waals surface area contributed by atoms with Crippen molar-refractivity contribution < 1.29 is 9.21 Å². The van der Waals surface area contributed by atoms with Crippen LogP contribution in [0.15, 0.2) is 71.4 Å². The Hall–Kier alpha value is -3.18. The number of nitrogens with zero attached hydrogens (tertiary/aromatic N) is 3. The molecule has 2 aromatic heterocycles. The number of halogens is 1. The first-order valence-corrected chi connectivity index (χ1v) is 10.9. The molecule has 3 heterocycles. The van der Waals surface area contributed by atoms with Gasteiger partial charge in [0.2, 0.25) is 5.89 Å². The minimum absolute atomic E-state index is 0.0704. The van der Waals surface area contributed by atoms with E-state index in [4.69, 9.17) is 16.0 Å². The van der Waals surface area contributed by atoms with Crippen molar-refractivity contribution >= 4 is 28.3 Å². The second-order valence-electron chi connectivity index (χ2n) is 7.86. The fraction of sp³-hybridized carbons (Fsp3) is 0.240. The summed E-state index contributed by atoms with van der Waals surface area (Å²) < 4.78 is 6.10. The van der Waals surface area contributed by atoms with E-state index in [1.54, 1.807) is 12.4 Å². The Morgan fingerprint density at radius 2 is 1.90 bits per heavy atom. The van der Waals surface area contributed by atoms with Crippen LogP contribution in [0.25, 0.3) is 10.8 Å². The molecule has 0 aliphatic carbocycles. The molecule has 0 radical (unpaired) electrons. The molecule has 4 aromatic rings.